The first-order valence-electron chi connectivity index (χ1n) is 12.7. The van der Waals surface area contributed by atoms with Crippen LogP contribution in [0.2, 0.25) is 5.02 Å². The minimum atomic E-state index is -4.11. The topological polar surface area (TPSA) is 86.8 Å². The molecule has 3 rings (SSSR count). The van der Waals surface area contributed by atoms with E-state index in [2.05, 4.69) is 21.2 Å². The minimum absolute atomic E-state index is 0.0590. The number of nitrogens with one attached hydrogen (secondary N) is 1. The Morgan fingerprint density at radius 3 is 2.23 bits per heavy atom. The number of rotatable bonds is 12. The van der Waals surface area contributed by atoms with Crippen LogP contribution in [0.3, 0.4) is 0 Å². The standard InChI is InChI=1S/C29H33BrClN3O4S/c1-4-27(29(36)32-18-21(2)3)33(19-22-13-15-24(31)16-14-22)28(35)20-34(25-10-8-9-23(30)17-25)39(37,38)26-11-6-5-7-12-26/h5-17,21,27H,4,18-20H2,1-3H3,(H,32,36)/t27-/m1/s1. The molecule has 1 N–H and O–H groups in total. The van der Waals surface area contributed by atoms with Gasteiger partial charge in [-0.3, -0.25) is 13.9 Å². The molecule has 7 nitrogen and oxygen atoms in total. The van der Waals surface area contributed by atoms with E-state index in [9.17, 15) is 18.0 Å². The molecule has 208 valence electrons. The van der Waals surface area contributed by atoms with Crippen LogP contribution in [0.1, 0.15) is 32.8 Å². The van der Waals surface area contributed by atoms with Gasteiger partial charge in [0.15, 0.2) is 0 Å². The van der Waals surface area contributed by atoms with Crippen LogP contribution < -0.4 is 9.62 Å². The van der Waals surface area contributed by atoms with E-state index in [1.54, 1.807) is 66.7 Å². The number of nitrogens with zero attached hydrogens (tertiary/aromatic N) is 2. The number of sulfonamides is 1. The van der Waals surface area contributed by atoms with Gasteiger partial charge in [-0.05, 0) is 60.4 Å². The molecule has 0 saturated heterocycles. The predicted molar refractivity (Wildman–Crippen MR) is 159 cm³/mol. The minimum Gasteiger partial charge on any atom is -0.354 e. The highest BCUT2D eigenvalue weighted by Gasteiger charge is 2.33. The second kappa shape index (κ2) is 14.0. The van der Waals surface area contributed by atoms with Crippen molar-refractivity contribution in [3.05, 3.63) is 93.9 Å². The summed E-state index contributed by atoms with van der Waals surface area (Å²) in [6, 6.07) is 20.9. The summed E-state index contributed by atoms with van der Waals surface area (Å²) in [5, 5.41) is 3.47. The number of benzene rings is 3. The monoisotopic (exact) mass is 633 g/mol. The van der Waals surface area contributed by atoms with Crippen LogP contribution in [0.15, 0.2) is 88.2 Å². The lowest BCUT2D eigenvalue weighted by molar-refractivity contribution is -0.140. The molecule has 0 saturated carbocycles. The summed E-state index contributed by atoms with van der Waals surface area (Å²) < 4.78 is 29.3. The van der Waals surface area contributed by atoms with Gasteiger partial charge in [0.2, 0.25) is 11.8 Å². The lowest BCUT2D eigenvalue weighted by Crippen LogP contribution is -2.52. The zero-order valence-electron chi connectivity index (χ0n) is 22.2. The summed E-state index contributed by atoms with van der Waals surface area (Å²) in [7, 11) is -4.11. The number of anilines is 1. The van der Waals surface area contributed by atoms with E-state index in [4.69, 9.17) is 11.6 Å². The first-order chi connectivity index (χ1) is 18.5. The number of carbonyl (C=O) groups is 2. The van der Waals surface area contributed by atoms with Crippen LogP contribution in [0.4, 0.5) is 5.69 Å². The quantitative estimate of drug-likeness (QED) is 0.270. The average Bonchev–Trinajstić information content (AvgIpc) is 2.91. The van der Waals surface area contributed by atoms with E-state index in [-0.39, 0.29) is 23.3 Å². The van der Waals surface area contributed by atoms with Gasteiger partial charge in [-0.1, -0.05) is 84.7 Å². The summed E-state index contributed by atoms with van der Waals surface area (Å²) in [4.78, 5) is 28.7. The molecule has 0 bridgehead atoms. The Balaban J connectivity index is 2.03. The number of hydrogen-bond acceptors (Lipinski definition) is 4. The van der Waals surface area contributed by atoms with Gasteiger partial charge in [0.1, 0.15) is 12.6 Å². The van der Waals surface area contributed by atoms with Crippen molar-refractivity contribution in [1.82, 2.24) is 10.2 Å². The van der Waals surface area contributed by atoms with Crippen LogP contribution in [0.5, 0.6) is 0 Å². The van der Waals surface area contributed by atoms with Crippen molar-refractivity contribution in [1.29, 1.82) is 0 Å². The number of carbonyl (C=O) groups excluding carboxylic acids is 2. The molecule has 0 heterocycles. The van der Waals surface area contributed by atoms with Crippen LogP contribution in [-0.4, -0.2) is 44.3 Å². The maximum Gasteiger partial charge on any atom is 0.264 e. The fraction of sp³-hybridized carbons (Fsp3) is 0.310. The predicted octanol–water partition coefficient (Wildman–Crippen LogP) is 5.88. The molecule has 1 atom stereocenters. The first kappa shape index (κ1) is 30.7. The van der Waals surface area contributed by atoms with Crippen molar-refractivity contribution in [2.45, 2.75) is 44.7 Å². The van der Waals surface area contributed by atoms with Crippen molar-refractivity contribution in [2.24, 2.45) is 5.92 Å². The van der Waals surface area contributed by atoms with Crippen LogP contribution in [-0.2, 0) is 26.2 Å². The van der Waals surface area contributed by atoms with Crippen molar-refractivity contribution in [3.63, 3.8) is 0 Å². The zero-order chi connectivity index (χ0) is 28.6. The fourth-order valence-corrected chi connectivity index (χ4v) is 5.95. The van der Waals surface area contributed by atoms with E-state index >= 15 is 0 Å². The SMILES string of the molecule is CC[C@H](C(=O)NCC(C)C)N(Cc1ccc(Cl)cc1)C(=O)CN(c1cccc(Br)c1)S(=O)(=O)c1ccccc1. The largest absolute Gasteiger partial charge is 0.354 e. The second-order valence-electron chi connectivity index (χ2n) is 9.52. The molecule has 10 heteroatoms. The van der Waals surface area contributed by atoms with Gasteiger partial charge in [0.05, 0.1) is 10.6 Å². The zero-order valence-corrected chi connectivity index (χ0v) is 25.3. The molecule has 3 aromatic carbocycles. The smallest absolute Gasteiger partial charge is 0.264 e. The molecule has 39 heavy (non-hydrogen) atoms. The van der Waals surface area contributed by atoms with Gasteiger partial charge in [-0.25, -0.2) is 8.42 Å². The summed E-state index contributed by atoms with van der Waals surface area (Å²) in [5.41, 5.74) is 1.09. The fourth-order valence-electron chi connectivity index (χ4n) is 4.01. The molecule has 0 unspecified atom stereocenters. The van der Waals surface area contributed by atoms with Crippen LogP contribution in [0, 0.1) is 5.92 Å². The molecule has 3 aromatic rings. The van der Waals surface area contributed by atoms with Gasteiger partial charge >= 0.3 is 0 Å². The third-order valence-corrected chi connectivity index (χ3v) is 8.58. The summed E-state index contributed by atoms with van der Waals surface area (Å²) in [5.74, 6) is -0.556. The molecule has 0 fully saturated rings. The maximum atomic E-state index is 14.0. The van der Waals surface area contributed by atoms with Gasteiger partial charge in [0, 0.05) is 22.6 Å². The van der Waals surface area contributed by atoms with E-state index in [1.807, 2.05) is 20.8 Å². The lowest BCUT2D eigenvalue weighted by Gasteiger charge is -2.33. The molecular formula is C29H33BrClN3O4S. The number of hydrogen-bond donors (Lipinski definition) is 1. The number of halogens is 2. The maximum absolute atomic E-state index is 14.0. The molecule has 0 aliphatic carbocycles. The highest BCUT2D eigenvalue weighted by molar-refractivity contribution is 9.10. The Kier molecular flexibility index (Phi) is 11.0. The van der Waals surface area contributed by atoms with Crippen LogP contribution in [0.25, 0.3) is 0 Å². The van der Waals surface area contributed by atoms with E-state index in [1.165, 1.54) is 17.0 Å². The summed E-state index contributed by atoms with van der Waals surface area (Å²) in [6.45, 7) is 5.89. The molecular weight excluding hydrogens is 602 g/mol. The van der Waals surface area contributed by atoms with Crippen molar-refractivity contribution >= 4 is 55.1 Å². The molecule has 2 amide bonds. The highest BCUT2D eigenvalue weighted by atomic mass is 79.9. The van der Waals surface area contributed by atoms with E-state index < -0.39 is 28.5 Å². The number of amides is 2. The highest BCUT2D eigenvalue weighted by Crippen LogP contribution is 2.27. The van der Waals surface area contributed by atoms with E-state index in [0.29, 0.717) is 28.1 Å². The Hall–Kier alpha value is -2.88. The lowest BCUT2D eigenvalue weighted by atomic mass is 10.1. The van der Waals surface area contributed by atoms with Crippen molar-refractivity contribution in [3.8, 4) is 0 Å². The van der Waals surface area contributed by atoms with Gasteiger partial charge in [-0.15, -0.1) is 0 Å². The summed E-state index contributed by atoms with van der Waals surface area (Å²) in [6.07, 6.45) is 0.353. The van der Waals surface area contributed by atoms with Crippen molar-refractivity contribution in [2.75, 3.05) is 17.4 Å². The molecule has 0 aliphatic rings. The Labute approximate surface area is 244 Å². The molecule has 0 aromatic heterocycles. The first-order valence-corrected chi connectivity index (χ1v) is 15.3. The average molecular weight is 635 g/mol. The normalized spacial score (nSPS) is 12.2. The van der Waals surface area contributed by atoms with Crippen molar-refractivity contribution < 1.29 is 18.0 Å². The molecule has 0 spiro atoms. The van der Waals surface area contributed by atoms with Gasteiger partial charge < -0.3 is 10.2 Å². The Morgan fingerprint density at radius 2 is 1.64 bits per heavy atom. The third kappa shape index (κ3) is 8.30. The Morgan fingerprint density at radius 1 is 0.974 bits per heavy atom. The second-order valence-corrected chi connectivity index (χ2v) is 12.7. The third-order valence-electron chi connectivity index (χ3n) is 6.04. The molecule has 0 radical (unpaired) electrons. The van der Waals surface area contributed by atoms with Gasteiger partial charge in [-0.2, -0.15) is 0 Å². The summed E-state index contributed by atoms with van der Waals surface area (Å²) >= 11 is 9.46. The van der Waals surface area contributed by atoms with Gasteiger partial charge in [0.25, 0.3) is 10.0 Å². The van der Waals surface area contributed by atoms with Crippen LogP contribution >= 0.6 is 27.5 Å². The Bertz CT molecular complexity index is 1370. The van der Waals surface area contributed by atoms with E-state index in [0.717, 1.165) is 9.87 Å². The molecule has 0 aliphatic heterocycles.